The Labute approximate surface area is 174 Å². The van der Waals surface area contributed by atoms with Crippen LogP contribution in [0.4, 0.5) is 9.59 Å². The number of benzene rings is 1. The van der Waals surface area contributed by atoms with E-state index in [1.807, 2.05) is 6.07 Å². The Morgan fingerprint density at radius 2 is 1.77 bits per heavy atom. The molecule has 1 rings (SSSR count). The number of ether oxygens (including phenoxy) is 2. The van der Waals surface area contributed by atoms with Gasteiger partial charge in [-0.3, -0.25) is 14.4 Å². The van der Waals surface area contributed by atoms with Crippen molar-refractivity contribution in [2.24, 2.45) is 4.99 Å². The fourth-order valence-electron chi connectivity index (χ4n) is 1.79. The first-order chi connectivity index (χ1) is 14.2. The minimum atomic E-state index is -0.923. The Kier molecular flexibility index (Phi) is 10.6. The quantitative estimate of drug-likeness (QED) is 0.307. The summed E-state index contributed by atoms with van der Waals surface area (Å²) in [6.45, 7) is 4.91. The van der Waals surface area contributed by atoms with E-state index < -0.39 is 29.6 Å². The molecular formula is C19H26N4O7. The van der Waals surface area contributed by atoms with E-state index >= 15 is 0 Å². The van der Waals surface area contributed by atoms with Gasteiger partial charge in [-0.15, -0.1) is 0 Å². The summed E-state index contributed by atoms with van der Waals surface area (Å²) >= 11 is 0. The summed E-state index contributed by atoms with van der Waals surface area (Å²) in [5, 5.41) is 4.71. The SMILES string of the molecule is CC(C)(C)OC(=O)NOCCNC(=O)CNC(=O)C=NC(=O)OCc1ccccc1. The molecule has 0 aliphatic carbocycles. The minimum absolute atomic E-state index is 0.00631. The highest BCUT2D eigenvalue weighted by Crippen LogP contribution is 2.06. The van der Waals surface area contributed by atoms with Crippen LogP contribution in [0.5, 0.6) is 0 Å². The second-order valence-electron chi connectivity index (χ2n) is 6.82. The van der Waals surface area contributed by atoms with Crippen molar-refractivity contribution in [1.82, 2.24) is 16.1 Å². The summed E-state index contributed by atoms with van der Waals surface area (Å²) in [5.41, 5.74) is 2.20. The number of carbonyl (C=O) groups excluding carboxylic acids is 4. The van der Waals surface area contributed by atoms with Gasteiger partial charge in [0.05, 0.1) is 19.4 Å². The number of nitrogens with one attached hydrogen (secondary N) is 3. The third-order valence-corrected chi connectivity index (χ3v) is 3.00. The summed E-state index contributed by atoms with van der Waals surface area (Å²) in [6.07, 6.45) is -0.940. The van der Waals surface area contributed by atoms with E-state index in [2.05, 4.69) is 21.1 Å². The number of rotatable bonds is 9. The number of aliphatic imine (C=N–C) groups is 1. The lowest BCUT2D eigenvalue weighted by Gasteiger charge is -2.19. The molecule has 0 atom stereocenters. The zero-order valence-corrected chi connectivity index (χ0v) is 17.1. The number of nitrogens with zero attached hydrogens (tertiary/aromatic N) is 1. The van der Waals surface area contributed by atoms with Gasteiger partial charge in [0, 0.05) is 6.54 Å². The molecule has 4 amide bonds. The Hall–Kier alpha value is -3.47. The Morgan fingerprint density at radius 3 is 2.43 bits per heavy atom. The van der Waals surface area contributed by atoms with Gasteiger partial charge in [-0.05, 0) is 26.3 Å². The smallest absolute Gasteiger partial charge is 0.434 e. The van der Waals surface area contributed by atoms with E-state index in [0.717, 1.165) is 11.8 Å². The lowest BCUT2D eigenvalue weighted by Crippen LogP contribution is -2.39. The zero-order valence-electron chi connectivity index (χ0n) is 17.1. The molecule has 30 heavy (non-hydrogen) atoms. The normalized spacial score (nSPS) is 10.9. The molecule has 0 unspecified atom stereocenters. The molecule has 0 aliphatic heterocycles. The Bertz CT molecular complexity index is 745. The van der Waals surface area contributed by atoms with Gasteiger partial charge in [-0.1, -0.05) is 30.3 Å². The van der Waals surface area contributed by atoms with Crippen molar-refractivity contribution in [2.45, 2.75) is 33.0 Å². The molecule has 0 aliphatic rings. The highest BCUT2D eigenvalue weighted by atomic mass is 16.7. The van der Waals surface area contributed by atoms with Gasteiger partial charge in [0.1, 0.15) is 12.2 Å². The third-order valence-electron chi connectivity index (χ3n) is 3.00. The molecule has 0 bridgehead atoms. The van der Waals surface area contributed by atoms with E-state index in [1.54, 1.807) is 45.0 Å². The van der Waals surface area contributed by atoms with Crippen molar-refractivity contribution >= 4 is 30.2 Å². The van der Waals surface area contributed by atoms with Crippen LogP contribution < -0.4 is 16.1 Å². The number of hydroxylamine groups is 1. The van der Waals surface area contributed by atoms with Gasteiger partial charge in [0.2, 0.25) is 5.91 Å². The van der Waals surface area contributed by atoms with Crippen molar-refractivity contribution in [3.8, 4) is 0 Å². The van der Waals surface area contributed by atoms with E-state index in [9.17, 15) is 19.2 Å². The summed E-state index contributed by atoms with van der Waals surface area (Å²) < 4.78 is 9.83. The van der Waals surface area contributed by atoms with E-state index in [0.29, 0.717) is 0 Å². The molecule has 1 aromatic carbocycles. The molecule has 0 saturated heterocycles. The van der Waals surface area contributed by atoms with Crippen LogP contribution in [0.2, 0.25) is 0 Å². The largest absolute Gasteiger partial charge is 0.443 e. The van der Waals surface area contributed by atoms with E-state index in [4.69, 9.17) is 14.3 Å². The molecule has 0 spiro atoms. The Morgan fingerprint density at radius 1 is 1.07 bits per heavy atom. The van der Waals surface area contributed by atoms with Crippen molar-refractivity contribution in [2.75, 3.05) is 19.7 Å². The number of carbonyl (C=O) groups is 4. The molecule has 0 saturated carbocycles. The maximum absolute atomic E-state index is 11.6. The van der Waals surface area contributed by atoms with Crippen LogP contribution in [0, 0.1) is 0 Å². The summed E-state index contributed by atoms with van der Waals surface area (Å²) in [7, 11) is 0. The van der Waals surface area contributed by atoms with Crippen molar-refractivity contribution in [1.29, 1.82) is 0 Å². The van der Waals surface area contributed by atoms with Gasteiger partial charge in [0.15, 0.2) is 0 Å². The van der Waals surface area contributed by atoms with Crippen LogP contribution in [0.1, 0.15) is 26.3 Å². The Balaban J connectivity index is 2.11. The molecule has 164 valence electrons. The molecule has 0 aromatic heterocycles. The van der Waals surface area contributed by atoms with Crippen LogP contribution in [-0.4, -0.2) is 55.5 Å². The molecule has 0 fully saturated rings. The monoisotopic (exact) mass is 422 g/mol. The van der Waals surface area contributed by atoms with Crippen LogP contribution in [-0.2, 0) is 30.5 Å². The molecular weight excluding hydrogens is 396 g/mol. The minimum Gasteiger partial charge on any atom is -0.443 e. The second-order valence-corrected chi connectivity index (χ2v) is 6.82. The lowest BCUT2D eigenvalue weighted by atomic mass is 10.2. The van der Waals surface area contributed by atoms with Gasteiger partial charge in [0.25, 0.3) is 5.91 Å². The first-order valence-electron chi connectivity index (χ1n) is 9.06. The van der Waals surface area contributed by atoms with Gasteiger partial charge < -0.3 is 20.1 Å². The predicted octanol–water partition coefficient (Wildman–Crippen LogP) is 1.08. The van der Waals surface area contributed by atoms with Crippen LogP contribution in [0.25, 0.3) is 0 Å². The molecule has 11 nitrogen and oxygen atoms in total. The maximum atomic E-state index is 11.6. The highest BCUT2D eigenvalue weighted by molar-refractivity contribution is 6.28. The fourth-order valence-corrected chi connectivity index (χ4v) is 1.79. The first-order valence-corrected chi connectivity index (χ1v) is 9.06. The summed E-state index contributed by atoms with van der Waals surface area (Å²) in [5.74, 6) is -1.23. The molecule has 3 N–H and O–H groups in total. The molecule has 0 heterocycles. The van der Waals surface area contributed by atoms with Gasteiger partial charge >= 0.3 is 12.2 Å². The van der Waals surface area contributed by atoms with Gasteiger partial charge in [-0.25, -0.2) is 9.59 Å². The first kappa shape index (κ1) is 24.6. The van der Waals surface area contributed by atoms with Crippen molar-refractivity contribution < 1.29 is 33.5 Å². The highest BCUT2D eigenvalue weighted by Gasteiger charge is 2.15. The third kappa shape index (κ3) is 12.8. The van der Waals surface area contributed by atoms with Crippen LogP contribution in [0.15, 0.2) is 35.3 Å². The lowest BCUT2D eigenvalue weighted by molar-refractivity contribution is -0.123. The maximum Gasteiger partial charge on any atom is 0.434 e. The average molecular weight is 422 g/mol. The summed E-state index contributed by atoms with van der Waals surface area (Å²) in [6, 6.07) is 8.99. The van der Waals surface area contributed by atoms with E-state index in [1.165, 1.54) is 0 Å². The van der Waals surface area contributed by atoms with Crippen molar-refractivity contribution in [3.63, 3.8) is 0 Å². The predicted molar refractivity (Wildman–Crippen MR) is 106 cm³/mol. The number of hydrogen-bond donors (Lipinski definition) is 3. The van der Waals surface area contributed by atoms with Crippen molar-refractivity contribution in [3.05, 3.63) is 35.9 Å². The summed E-state index contributed by atoms with van der Waals surface area (Å²) in [4.78, 5) is 54.1. The topological polar surface area (TPSA) is 144 Å². The van der Waals surface area contributed by atoms with Gasteiger partial charge in [-0.2, -0.15) is 10.5 Å². The average Bonchev–Trinajstić information content (AvgIpc) is 2.68. The van der Waals surface area contributed by atoms with Crippen LogP contribution in [0.3, 0.4) is 0 Å². The fraction of sp³-hybridized carbons (Fsp3) is 0.421. The molecule has 1 aromatic rings. The molecule has 0 radical (unpaired) electrons. The molecule has 11 heteroatoms. The second kappa shape index (κ2) is 12.9. The van der Waals surface area contributed by atoms with Crippen LogP contribution >= 0.6 is 0 Å². The zero-order chi connectivity index (χ0) is 22.4. The van der Waals surface area contributed by atoms with E-state index in [-0.39, 0.29) is 26.3 Å². The number of amides is 4. The number of hydrogen-bond acceptors (Lipinski definition) is 7. The standard InChI is InChI=1S/C19H26N4O7/c1-19(2,3)30-18(27)23-29-10-9-20-15(24)11-21-16(25)12-22-17(26)28-13-14-7-5-4-6-8-14/h4-8,12H,9-11,13H2,1-3H3,(H,20,24)(H,21,25)(H,23,27).